The van der Waals surface area contributed by atoms with Crippen LogP contribution in [0.25, 0.3) is 11.1 Å². The number of benzene rings is 2. The Morgan fingerprint density at radius 1 is 1.18 bits per heavy atom. The van der Waals surface area contributed by atoms with E-state index in [2.05, 4.69) is 4.98 Å². The Morgan fingerprint density at radius 3 is 2.79 bits per heavy atom. The van der Waals surface area contributed by atoms with Crippen LogP contribution in [0.2, 0.25) is 0 Å². The van der Waals surface area contributed by atoms with Crippen LogP contribution in [0, 0.1) is 12.7 Å². The van der Waals surface area contributed by atoms with Crippen LogP contribution in [-0.4, -0.2) is 35.2 Å². The molecule has 172 valence electrons. The third-order valence-electron chi connectivity index (χ3n) is 6.04. The zero-order valence-electron chi connectivity index (χ0n) is 18.7. The molecular weight excluding hydrogens is 421 g/mol. The number of nitrogens with zero attached hydrogens (tertiary/aromatic N) is 2. The van der Waals surface area contributed by atoms with Gasteiger partial charge in [-0.2, -0.15) is 0 Å². The summed E-state index contributed by atoms with van der Waals surface area (Å²) in [6, 6.07) is 14.7. The predicted octanol–water partition coefficient (Wildman–Crippen LogP) is 4.83. The van der Waals surface area contributed by atoms with Crippen molar-refractivity contribution < 1.29 is 18.7 Å². The van der Waals surface area contributed by atoms with Crippen LogP contribution < -0.4 is 10.5 Å². The summed E-state index contributed by atoms with van der Waals surface area (Å²) in [5.74, 6) is 0.154. The molecule has 0 spiro atoms. The average molecular weight is 450 g/mol. The summed E-state index contributed by atoms with van der Waals surface area (Å²) < 4.78 is 26.6. The van der Waals surface area contributed by atoms with Gasteiger partial charge in [0.1, 0.15) is 24.8 Å². The van der Waals surface area contributed by atoms with Crippen molar-refractivity contribution in [2.24, 2.45) is 5.73 Å². The monoisotopic (exact) mass is 449 g/mol. The molecule has 33 heavy (non-hydrogen) atoms. The Morgan fingerprint density at radius 2 is 2.00 bits per heavy atom. The maximum Gasteiger partial charge on any atom is 0.410 e. The molecule has 1 aliphatic rings. The van der Waals surface area contributed by atoms with Gasteiger partial charge in [0.25, 0.3) is 0 Å². The summed E-state index contributed by atoms with van der Waals surface area (Å²) >= 11 is 0. The van der Waals surface area contributed by atoms with Gasteiger partial charge >= 0.3 is 6.09 Å². The third-order valence-corrected chi connectivity index (χ3v) is 6.04. The van der Waals surface area contributed by atoms with Crippen molar-refractivity contribution in [1.29, 1.82) is 0 Å². The molecule has 1 amide bonds. The first-order valence-corrected chi connectivity index (χ1v) is 11.1. The number of rotatable bonds is 7. The van der Waals surface area contributed by atoms with Crippen molar-refractivity contribution in [3.8, 4) is 16.9 Å². The van der Waals surface area contributed by atoms with Gasteiger partial charge in [-0.05, 0) is 42.5 Å². The molecule has 1 saturated heterocycles. The number of nitrogens with two attached hydrogens (primary N) is 1. The number of amides is 1. The average Bonchev–Trinajstić information content (AvgIpc) is 3.33. The minimum Gasteiger partial charge on any atom is -0.489 e. The Kier molecular flexibility index (Phi) is 7.19. The second-order valence-electron chi connectivity index (χ2n) is 8.13. The molecule has 7 heteroatoms. The highest BCUT2D eigenvalue weighted by atomic mass is 19.1. The molecule has 1 aliphatic heterocycles. The molecule has 2 heterocycles. The van der Waals surface area contributed by atoms with Crippen LogP contribution in [0.4, 0.5) is 9.18 Å². The Hall–Kier alpha value is -3.45. The first kappa shape index (κ1) is 22.7. The molecule has 1 fully saturated rings. The van der Waals surface area contributed by atoms with Crippen molar-refractivity contribution in [3.63, 3.8) is 0 Å². The number of aromatic nitrogens is 1. The highest BCUT2D eigenvalue weighted by Crippen LogP contribution is 2.33. The Labute approximate surface area is 193 Å². The quantitative estimate of drug-likeness (QED) is 0.559. The largest absolute Gasteiger partial charge is 0.489 e. The van der Waals surface area contributed by atoms with Gasteiger partial charge in [-0.25, -0.2) is 9.18 Å². The van der Waals surface area contributed by atoms with Gasteiger partial charge in [0.05, 0.1) is 12.2 Å². The Balaban J connectivity index is 1.44. The highest BCUT2D eigenvalue weighted by molar-refractivity contribution is 5.71. The van der Waals surface area contributed by atoms with Gasteiger partial charge in [0.15, 0.2) is 0 Å². The van der Waals surface area contributed by atoms with E-state index in [1.807, 2.05) is 36.4 Å². The van der Waals surface area contributed by atoms with E-state index in [0.29, 0.717) is 29.0 Å². The zero-order valence-corrected chi connectivity index (χ0v) is 18.7. The van der Waals surface area contributed by atoms with E-state index in [0.717, 1.165) is 24.0 Å². The lowest BCUT2D eigenvalue weighted by Crippen LogP contribution is -2.39. The third kappa shape index (κ3) is 5.14. The van der Waals surface area contributed by atoms with Crippen LogP contribution in [0.3, 0.4) is 0 Å². The van der Waals surface area contributed by atoms with Crippen molar-refractivity contribution in [2.45, 2.75) is 39.0 Å². The molecule has 1 unspecified atom stereocenters. The fourth-order valence-corrected chi connectivity index (χ4v) is 4.11. The molecule has 2 aromatic carbocycles. The summed E-state index contributed by atoms with van der Waals surface area (Å²) in [6.07, 6.45) is 4.53. The highest BCUT2D eigenvalue weighted by Gasteiger charge is 2.30. The number of likely N-dealkylation sites (tertiary alicyclic amines) is 1. The molecule has 0 aliphatic carbocycles. The predicted molar refractivity (Wildman–Crippen MR) is 124 cm³/mol. The van der Waals surface area contributed by atoms with E-state index in [-0.39, 0.29) is 37.7 Å². The molecule has 3 aromatic rings. The number of ether oxygens (including phenoxy) is 2. The van der Waals surface area contributed by atoms with Gasteiger partial charge in [-0.15, -0.1) is 0 Å². The molecular formula is C26H28FN3O3. The molecule has 1 aromatic heterocycles. The van der Waals surface area contributed by atoms with Crippen molar-refractivity contribution >= 4 is 6.09 Å². The van der Waals surface area contributed by atoms with E-state index in [1.165, 1.54) is 0 Å². The van der Waals surface area contributed by atoms with Crippen LogP contribution in [0.1, 0.15) is 29.5 Å². The lowest BCUT2D eigenvalue weighted by Gasteiger charge is -2.24. The summed E-state index contributed by atoms with van der Waals surface area (Å²) in [4.78, 5) is 18.5. The first-order chi connectivity index (χ1) is 16.1. The van der Waals surface area contributed by atoms with Gasteiger partial charge in [-0.1, -0.05) is 42.5 Å². The molecule has 0 bridgehead atoms. The first-order valence-electron chi connectivity index (χ1n) is 11.1. The van der Waals surface area contributed by atoms with Gasteiger partial charge < -0.3 is 20.1 Å². The summed E-state index contributed by atoms with van der Waals surface area (Å²) in [6.45, 7) is 3.13. The zero-order chi connectivity index (χ0) is 23.2. The second kappa shape index (κ2) is 10.4. The molecule has 6 nitrogen and oxygen atoms in total. The molecule has 2 N–H and O–H groups in total. The topological polar surface area (TPSA) is 77.7 Å². The summed E-state index contributed by atoms with van der Waals surface area (Å²) in [5, 5.41) is 0. The van der Waals surface area contributed by atoms with Gasteiger partial charge in [0, 0.05) is 30.4 Å². The van der Waals surface area contributed by atoms with E-state index in [1.54, 1.807) is 36.4 Å². The van der Waals surface area contributed by atoms with Crippen molar-refractivity contribution in [2.75, 3.05) is 13.2 Å². The van der Waals surface area contributed by atoms with Crippen LogP contribution in [-0.2, 0) is 17.9 Å². The van der Waals surface area contributed by atoms with E-state index in [9.17, 15) is 4.79 Å². The molecule has 0 saturated carbocycles. The molecule has 0 radical (unpaired) electrons. The fourth-order valence-electron chi connectivity index (χ4n) is 4.11. The number of pyridine rings is 1. The molecule has 1 atom stereocenters. The minimum atomic E-state index is -0.351. The van der Waals surface area contributed by atoms with Crippen molar-refractivity contribution in [3.05, 3.63) is 83.4 Å². The smallest absolute Gasteiger partial charge is 0.410 e. The maximum absolute atomic E-state index is 15.0. The fraction of sp³-hybridized carbons (Fsp3) is 0.308. The normalized spacial score (nSPS) is 15.5. The van der Waals surface area contributed by atoms with Crippen LogP contribution >= 0.6 is 0 Å². The molecule has 4 rings (SSSR count). The summed E-state index contributed by atoms with van der Waals surface area (Å²) in [5.41, 5.74) is 8.99. The van der Waals surface area contributed by atoms with Crippen LogP contribution in [0.15, 0.2) is 60.9 Å². The number of carbonyl (C=O) groups is 1. The van der Waals surface area contributed by atoms with Crippen LogP contribution in [0.5, 0.6) is 5.75 Å². The van der Waals surface area contributed by atoms with Gasteiger partial charge in [-0.3, -0.25) is 4.98 Å². The van der Waals surface area contributed by atoms with E-state index in [4.69, 9.17) is 15.2 Å². The number of carbonyl (C=O) groups excluding carboxylic acids is 1. The van der Waals surface area contributed by atoms with Crippen molar-refractivity contribution in [1.82, 2.24) is 9.88 Å². The lowest BCUT2D eigenvalue weighted by atomic mass is 9.99. The standard InChI is InChI=1S/C26H28FN3O3/c1-18-20(14-28)9-10-23(25(18)27)22-11-12-29-15-24(22)32-17-21-8-5-13-30(21)26(31)33-16-19-6-3-2-4-7-19/h2-4,6-7,9-12,15,21H,5,8,13-14,16-17,28H2,1H3. The number of hydrogen-bond acceptors (Lipinski definition) is 5. The summed E-state index contributed by atoms with van der Waals surface area (Å²) in [7, 11) is 0. The minimum absolute atomic E-state index is 0.118. The maximum atomic E-state index is 15.0. The lowest BCUT2D eigenvalue weighted by molar-refractivity contribution is 0.0824. The number of hydrogen-bond donors (Lipinski definition) is 1. The SMILES string of the molecule is Cc1c(CN)ccc(-c2ccncc2OCC2CCCN2C(=O)OCc2ccccc2)c1F. The van der Waals surface area contributed by atoms with Gasteiger partial charge in [0.2, 0.25) is 0 Å². The second-order valence-corrected chi connectivity index (χ2v) is 8.13. The number of halogens is 1. The van der Waals surface area contributed by atoms with E-state index < -0.39 is 0 Å². The van der Waals surface area contributed by atoms with E-state index >= 15 is 4.39 Å². The Bertz CT molecular complexity index is 1110.